The van der Waals surface area contributed by atoms with Gasteiger partial charge in [0.15, 0.2) is 0 Å². The van der Waals surface area contributed by atoms with Crippen molar-refractivity contribution in [1.29, 1.82) is 0 Å². The number of carboxylic acids is 1. The zero-order valence-electron chi connectivity index (χ0n) is 18.6. The number of benzene rings is 1. The number of hydrogen-bond acceptors (Lipinski definition) is 4. The summed E-state index contributed by atoms with van der Waals surface area (Å²) >= 11 is 0. The van der Waals surface area contributed by atoms with Gasteiger partial charge >= 0.3 is 5.97 Å². The fourth-order valence-electron chi connectivity index (χ4n) is 3.45. The minimum Gasteiger partial charge on any atom is -0.480 e. The van der Waals surface area contributed by atoms with Crippen molar-refractivity contribution in [3.63, 3.8) is 0 Å². The number of para-hydroxylation sites is 1. The van der Waals surface area contributed by atoms with Gasteiger partial charge in [-0.1, -0.05) is 58.7 Å². The molecule has 2 amide bonds. The molecule has 0 aliphatic rings. The molecular formula is C23H34N4O4. The van der Waals surface area contributed by atoms with E-state index in [4.69, 9.17) is 5.73 Å². The summed E-state index contributed by atoms with van der Waals surface area (Å²) in [4.78, 5) is 40.7. The maximum Gasteiger partial charge on any atom is 0.326 e. The summed E-state index contributed by atoms with van der Waals surface area (Å²) in [6.07, 6.45) is 3.33. The Kier molecular flexibility index (Phi) is 8.62. The zero-order valence-corrected chi connectivity index (χ0v) is 18.6. The van der Waals surface area contributed by atoms with Crippen LogP contribution < -0.4 is 16.4 Å². The van der Waals surface area contributed by atoms with Crippen molar-refractivity contribution < 1.29 is 19.5 Å². The normalized spacial score (nSPS) is 16.2. The van der Waals surface area contributed by atoms with Gasteiger partial charge < -0.3 is 26.5 Å². The average molecular weight is 431 g/mol. The van der Waals surface area contributed by atoms with Crippen molar-refractivity contribution in [1.82, 2.24) is 15.6 Å². The number of nitrogens with two attached hydrogens (primary N) is 1. The average Bonchev–Trinajstić information content (AvgIpc) is 3.17. The second kappa shape index (κ2) is 10.9. The largest absolute Gasteiger partial charge is 0.480 e. The van der Waals surface area contributed by atoms with Crippen molar-refractivity contribution >= 4 is 28.7 Å². The molecule has 0 bridgehead atoms. The predicted octanol–water partition coefficient (Wildman–Crippen LogP) is 2.18. The lowest BCUT2D eigenvalue weighted by Crippen LogP contribution is -2.57. The number of carboxylic acid groups (broad SMARTS) is 1. The molecule has 1 aromatic carbocycles. The van der Waals surface area contributed by atoms with Crippen LogP contribution in [0.5, 0.6) is 0 Å². The second-order valence-electron chi connectivity index (χ2n) is 8.25. The Bertz CT molecular complexity index is 910. The summed E-state index contributed by atoms with van der Waals surface area (Å²) in [7, 11) is 0. The summed E-state index contributed by atoms with van der Waals surface area (Å²) in [5.41, 5.74) is 7.83. The van der Waals surface area contributed by atoms with Crippen LogP contribution in [0.15, 0.2) is 30.5 Å². The molecule has 0 radical (unpaired) electrons. The van der Waals surface area contributed by atoms with Gasteiger partial charge in [-0.2, -0.15) is 0 Å². The molecule has 0 fully saturated rings. The number of carbonyl (C=O) groups is 3. The number of nitrogens with one attached hydrogen (secondary N) is 3. The minimum atomic E-state index is -1.10. The molecule has 6 N–H and O–H groups in total. The quantitative estimate of drug-likeness (QED) is 0.372. The number of amides is 2. The molecule has 0 spiro atoms. The van der Waals surface area contributed by atoms with Gasteiger partial charge in [-0.3, -0.25) is 9.59 Å². The van der Waals surface area contributed by atoms with E-state index >= 15 is 0 Å². The third-order valence-corrected chi connectivity index (χ3v) is 6.07. The molecule has 8 nitrogen and oxygen atoms in total. The maximum atomic E-state index is 13.1. The molecule has 2 rings (SSSR count). The third kappa shape index (κ3) is 6.07. The Hall–Kier alpha value is -2.87. The van der Waals surface area contributed by atoms with Crippen LogP contribution in [0, 0.1) is 11.8 Å². The highest BCUT2D eigenvalue weighted by molar-refractivity contribution is 5.93. The highest BCUT2D eigenvalue weighted by atomic mass is 16.4. The lowest BCUT2D eigenvalue weighted by atomic mass is 9.97. The van der Waals surface area contributed by atoms with Crippen molar-refractivity contribution in [2.75, 3.05) is 0 Å². The Morgan fingerprint density at radius 2 is 1.68 bits per heavy atom. The summed E-state index contributed by atoms with van der Waals surface area (Å²) < 4.78 is 0. The summed E-state index contributed by atoms with van der Waals surface area (Å²) in [6, 6.07) is 4.92. The smallest absolute Gasteiger partial charge is 0.326 e. The van der Waals surface area contributed by atoms with E-state index in [-0.39, 0.29) is 18.3 Å². The Balaban J connectivity index is 2.29. The molecule has 0 unspecified atom stereocenters. The molecule has 1 heterocycles. The number of carbonyl (C=O) groups excluding carboxylic acids is 2. The van der Waals surface area contributed by atoms with Crippen molar-refractivity contribution in [3.8, 4) is 0 Å². The fraction of sp³-hybridized carbons (Fsp3) is 0.522. The number of aromatic nitrogens is 1. The lowest BCUT2D eigenvalue weighted by Gasteiger charge is -2.26. The van der Waals surface area contributed by atoms with E-state index < -0.39 is 35.9 Å². The van der Waals surface area contributed by atoms with E-state index in [0.29, 0.717) is 6.42 Å². The summed E-state index contributed by atoms with van der Waals surface area (Å²) in [5, 5.41) is 15.9. The Morgan fingerprint density at radius 1 is 1.03 bits per heavy atom. The van der Waals surface area contributed by atoms with Gasteiger partial charge in [-0.25, -0.2) is 4.79 Å². The Labute approximate surface area is 183 Å². The molecule has 5 atom stereocenters. The molecular weight excluding hydrogens is 396 g/mol. The van der Waals surface area contributed by atoms with E-state index in [1.54, 1.807) is 13.1 Å². The first-order valence-corrected chi connectivity index (χ1v) is 10.8. The number of aromatic amines is 1. The fourth-order valence-corrected chi connectivity index (χ4v) is 3.45. The Morgan fingerprint density at radius 3 is 2.29 bits per heavy atom. The minimum absolute atomic E-state index is 0.0521. The number of hydrogen-bond donors (Lipinski definition) is 5. The predicted molar refractivity (Wildman–Crippen MR) is 120 cm³/mol. The number of rotatable bonds is 11. The van der Waals surface area contributed by atoms with Gasteiger partial charge in [0.05, 0.1) is 6.04 Å². The van der Waals surface area contributed by atoms with Crippen molar-refractivity contribution in [2.24, 2.45) is 17.6 Å². The van der Waals surface area contributed by atoms with Crippen LogP contribution in [-0.4, -0.2) is 46.0 Å². The van der Waals surface area contributed by atoms with Gasteiger partial charge in [-0.05, 0) is 23.5 Å². The van der Waals surface area contributed by atoms with Gasteiger partial charge in [0.25, 0.3) is 0 Å². The monoisotopic (exact) mass is 430 g/mol. The third-order valence-electron chi connectivity index (χ3n) is 6.07. The molecule has 0 aliphatic carbocycles. The van der Waals surface area contributed by atoms with E-state index in [0.717, 1.165) is 22.9 Å². The van der Waals surface area contributed by atoms with Gasteiger partial charge in [0.2, 0.25) is 11.8 Å². The molecule has 1 aromatic heterocycles. The van der Waals surface area contributed by atoms with Crippen LogP contribution in [0.3, 0.4) is 0 Å². The molecule has 170 valence electrons. The standard InChI is InChI=1S/C23H34N4O4/c1-5-13(3)19(24)22(29)26-18(21(28)27-20(23(30)31)14(4)6-2)11-15-12-25-17-10-8-7-9-16(15)17/h7-10,12-14,18-20,25H,5-6,11,24H2,1-4H3,(H,26,29)(H,27,28)(H,30,31)/t13-,14-,18-,19-,20-/m0/s1. The number of H-pyrrole nitrogens is 1. The first kappa shape index (κ1) is 24.4. The summed E-state index contributed by atoms with van der Waals surface area (Å²) in [5.74, 6) is -2.37. The molecule has 2 aromatic rings. The van der Waals surface area contributed by atoms with Gasteiger partial charge in [-0.15, -0.1) is 0 Å². The molecule has 0 aliphatic heterocycles. The molecule has 0 saturated heterocycles. The van der Waals surface area contributed by atoms with Crippen LogP contribution in [0.4, 0.5) is 0 Å². The van der Waals surface area contributed by atoms with Crippen LogP contribution in [0.25, 0.3) is 10.9 Å². The first-order chi connectivity index (χ1) is 14.7. The van der Waals surface area contributed by atoms with Crippen molar-refractivity contribution in [2.45, 2.75) is 65.1 Å². The van der Waals surface area contributed by atoms with Crippen LogP contribution in [-0.2, 0) is 20.8 Å². The zero-order chi connectivity index (χ0) is 23.1. The highest BCUT2D eigenvalue weighted by Crippen LogP contribution is 2.20. The highest BCUT2D eigenvalue weighted by Gasteiger charge is 2.31. The summed E-state index contributed by atoms with van der Waals surface area (Å²) in [6.45, 7) is 7.45. The SMILES string of the molecule is CC[C@H](C)[C@H](N)C(=O)N[C@@H](Cc1c[nH]c2ccccc12)C(=O)N[C@H](C(=O)O)[C@@H](C)CC. The lowest BCUT2D eigenvalue weighted by molar-refractivity contribution is -0.143. The maximum absolute atomic E-state index is 13.1. The molecule has 8 heteroatoms. The van der Waals surface area contributed by atoms with E-state index in [1.807, 2.05) is 45.0 Å². The van der Waals surface area contributed by atoms with Crippen LogP contribution in [0.2, 0.25) is 0 Å². The van der Waals surface area contributed by atoms with Crippen LogP contribution >= 0.6 is 0 Å². The first-order valence-electron chi connectivity index (χ1n) is 10.8. The topological polar surface area (TPSA) is 137 Å². The van der Waals surface area contributed by atoms with Crippen molar-refractivity contribution in [3.05, 3.63) is 36.0 Å². The number of aliphatic carboxylic acids is 1. The second-order valence-corrected chi connectivity index (χ2v) is 8.25. The van der Waals surface area contributed by atoms with Crippen LogP contribution in [0.1, 0.15) is 46.1 Å². The van der Waals surface area contributed by atoms with Gasteiger partial charge in [0.1, 0.15) is 12.1 Å². The van der Waals surface area contributed by atoms with E-state index in [2.05, 4.69) is 15.6 Å². The molecule has 31 heavy (non-hydrogen) atoms. The van der Waals surface area contributed by atoms with E-state index in [1.165, 1.54) is 0 Å². The number of fused-ring (bicyclic) bond motifs is 1. The molecule has 0 saturated carbocycles. The van der Waals surface area contributed by atoms with E-state index in [9.17, 15) is 19.5 Å². The van der Waals surface area contributed by atoms with Gasteiger partial charge in [0, 0.05) is 23.5 Å².